The first-order valence-corrected chi connectivity index (χ1v) is 22.0. The summed E-state index contributed by atoms with van der Waals surface area (Å²) in [6.07, 6.45) is 2.51. The van der Waals surface area contributed by atoms with E-state index in [0.717, 1.165) is 50.3 Å². The molecule has 0 bridgehead atoms. The summed E-state index contributed by atoms with van der Waals surface area (Å²) in [7, 11) is 1.73. The van der Waals surface area contributed by atoms with Gasteiger partial charge in [0.15, 0.2) is 0 Å². The molecule has 11 nitrogen and oxygen atoms in total. The molecule has 4 aromatic carbocycles. The minimum Gasteiger partial charge on any atom is -0.507 e. The Balaban J connectivity index is 1.00. The highest BCUT2D eigenvalue weighted by molar-refractivity contribution is 7.22. The number of fused-ring (bicyclic) bond motifs is 6. The van der Waals surface area contributed by atoms with E-state index in [1.807, 2.05) is 98.8 Å². The van der Waals surface area contributed by atoms with Crippen molar-refractivity contribution >= 4 is 84.6 Å². The van der Waals surface area contributed by atoms with E-state index >= 15 is 9.59 Å². The van der Waals surface area contributed by atoms with Crippen LogP contribution >= 0.6 is 22.9 Å². The van der Waals surface area contributed by atoms with Crippen LogP contribution in [0.15, 0.2) is 96.6 Å². The maximum Gasteiger partial charge on any atom is 0.242 e. The van der Waals surface area contributed by atoms with Crippen LogP contribution in [0.25, 0.3) is 31.4 Å². The molecule has 5 aliphatic rings. The number of phenolic OH excluding ortho intramolecular Hbond substituents is 1. The Hall–Kier alpha value is -5.82. The second-order valence-electron chi connectivity index (χ2n) is 17.2. The Kier molecular flexibility index (Phi) is 8.66. The van der Waals surface area contributed by atoms with E-state index in [1.54, 1.807) is 29.1 Å². The molecule has 1 saturated carbocycles. The van der Waals surface area contributed by atoms with Gasteiger partial charge in [-0.15, -0.1) is 11.3 Å². The number of amides is 4. The normalized spacial score (nSPS) is 26.3. The van der Waals surface area contributed by atoms with E-state index in [0.29, 0.717) is 52.8 Å². The second kappa shape index (κ2) is 13.9. The molecule has 11 rings (SSSR count). The number of aromatic hydroxyl groups is 1. The fourth-order valence-electron chi connectivity index (χ4n) is 11.2. The Morgan fingerprint density at radius 3 is 2.39 bits per heavy atom. The predicted octanol–water partition coefficient (Wildman–Crippen LogP) is 8.39. The van der Waals surface area contributed by atoms with Crippen molar-refractivity contribution in [2.75, 3.05) is 41.0 Å². The van der Waals surface area contributed by atoms with Crippen molar-refractivity contribution in [3.05, 3.63) is 113 Å². The van der Waals surface area contributed by atoms with E-state index in [-0.39, 0.29) is 29.9 Å². The molecule has 13 heteroatoms. The third kappa shape index (κ3) is 5.47. The van der Waals surface area contributed by atoms with Crippen molar-refractivity contribution in [1.82, 2.24) is 9.78 Å². The van der Waals surface area contributed by atoms with E-state index in [4.69, 9.17) is 21.4 Å². The Labute approximate surface area is 360 Å². The van der Waals surface area contributed by atoms with Crippen LogP contribution in [0, 0.1) is 36.0 Å². The predicted molar refractivity (Wildman–Crippen MR) is 236 cm³/mol. The summed E-state index contributed by atoms with van der Waals surface area (Å²) in [4.78, 5) is 65.3. The van der Waals surface area contributed by atoms with Crippen molar-refractivity contribution in [3.63, 3.8) is 0 Å². The molecule has 0 radical (unpaired) electrons. The fraction of sp³-hybridized carbons (Fsp3) is 0.312. The number of hydrogen-bond acceptors (Lipinski definition) is 9. The van der Waals surface area contributed by atoms with Gasteiger partial charge in [0, 0.05) is 58.5 Å². The lowest BCUT2D eigenvalue weighted by atomic mass is 9.51. The highest BCUT2D eigenvalue weighted by atomic mass is 35.5. The summed E-state index contributed by atoms with van der Waals surface area (Å²) in [5, 5.41) is 20.1. The quantitative estimate of drug-likeness (QED) is 0.136. The van der Waals surface area contributed by atoms with Crippen LogP contribution in [0.1, 0.15) is 36.8 Å². The molecule has 2 aliphatic carbocycles. The number of carbonyl (C=O) groups is 4. The van der Waals surface area contributed by atoms with Crippen molar-refractivity contribution < 1.29 is 29.0 Å². The summed E-state index contributed by atoms with van der Waals surface area (Å²) >= 11 is 7.93. The zero-order valence-electron chi connectivity index (χ0n) is 33.8. The third-order valence-corrected chi connectivity index (χ3v) is 15.7. The van der Waals surface area contributed by atoms with Crippen LogP contribution in [0.5, 0.6) is 5.75 Å². The van der Waals surface area contributed by atoms with Gasteiger partial charge in [-0.25, -0.2) is 4.90 Å². The number of anilines is 3. The van der Waals surface area contributed by atoms with E-state index < -0.39 is 40.9 Å². The van der Waals surface area contributed by atoms with Gasteiger partial charge in [0.1, 0.15) is 17.3 Å². The maximum atomic E-state index is 15.4. The average molecular weight is 852 g/mol. The van der Waals surface area contributed by atoms with E-state index in [2.05, 4.69) is 4.90 Å². The monoisotopic (exact) mass is 851 g/mol. The van der Waals surface area contributed by atoms with Crippen LogP contribution in [-0.4, -0.2) is 64.8 Å². The lowest BCUT2D eigenvalue weighted by molar-refractivity contribution is -0.131. The average Bonchev–Trinajstić information content (AvgIpc) is 3.94. The lowest BCUT2D eigenvalue weighted by Crippen LogP contribution is -2.49. The van der Waals surface area contributed by atoms with Crippen LogP contribution in [0.4, 0.5) is 17.2 Å². The van der Waals surface area contributed by atoms with Gasteiger partial charge in [-0.05, 0) is 91.4 Å². The number of allylic oxidation sites excluding steroid dienone is 2. The number of carbonyl (C=O) groups excluding carboxylic acids is 4. The van der Waals surface area contributed by atoms with Gasteiger partial charge in [-0.2, -0.15) is 5.10 Å². The molecule has 5 heterocycles. The lowest BCUT2D eigenvalue weighted by Gasteiger charge is -2.49. The molecule has 3 aliphatic heterocycles. The number of ether oxygens (including phenoxy) is 1. The van der Waals surface area contributed by atoms with Gasteiger partial charge in [-0.1, -0.05) is 59.6 Å². The number of aromatic nitrogens is 2. The maximum absolute atomic E-state index is 15.4. The number of thiophene rings is 1. The number of aryl methyl sites for hydroxylation is 2. The van der Waals surface area contributed by atoms with Crippen LogP contribution in [-0.2, 0) is 31.0 Å². The Bertz CT molecular complexity index is 2910. The molecule has 6 aromatic rings. The van der Waals surface area contributed by atoms with Crippen molar-refractivity contribution in [2.24, 2.45) is 36.1 Å². The molecule has 1 N–H and O–H groups in total. The van der Waals surface area contributed by atoms with Gasteiger partial charge in [0.05, 0.1) is 46.9 Å². The molecular formula is C48H42ClN5O6S. The first kappa shape index (κ1) is 38.1. The van der Waals surface area contributed by atoms with Crippen LogP contribution in [0.3, 0.4) is 0 Å². The minimum absolute atomic E-state index is 0.0319. The number of hydrogen-bond donors (Lipinski definition) is 1. The smallest absolute Gasteiger partial charge is 0.242 e. The molecule has 4 amide bonds. The molecule has 2 aromatic heterocycles. The van der Waals surface area contributed by atoms with Gasteiger partial charge >= 0.3 is 0 Å². The van der Waals surface area contributed by atoms with Gasteiger partial charge in [0.2, 0.25) is 23.6 Å². The molecule has 4 fully saturated rings. The molecule has 6 atom stereocenters. The molecule has 3 saturated heterocycles. The van der Waals surface area contributed by atoms with Crippen molar-refractivity contribution in [1.29, 1.82) is 0 Å². The summed E-state index contributed by atoms with van der Waals surface area (Å²) < 4.78 is 8.14. The number of benzene rings is 4. The van der Waals surface area contributed by atoms with Crippen molar-refractivity contribution in [2.45, 2.75) is 32.6 Å². The van der Waals surface area contributed by atoms with Gasteiger partial charge in [0.25, 0.3) is 0 Å². The number of morpholine rings is 1. The Morgan fingerprint density at radius 1 is 0.852 bits per heavy atom. The summed E-state index contributed by atoms with van der Waals surface area (Å²) in [6.45, 7) is 6.65. The molecular weight excluding hydrogens is 810 g/mol. The number of nitrogens with zero attached hydrogens (tertiary/aromatic N) is 5. The molecule has 0 spiro atoms. The van der Waals surface area contributed by atoms with Gasteiger partial charge < -0.3 is 14.7 Å². The van der Waals surface area contributed by atoms with Crippen LogP contribution in [0.2, 0.25) is 5.02 Å². The number of imide groups is 2. The van der Waals surface area contributed by atoms with Gasteiger partial charge in [-0.3, -0.25) is 28.8 Å². The standard InChI is InChI=1S/C48H42ClN5O6S/c1-25-34-22-27(49)9-17-38(34)61-43(25)37-24-39(51(3)50-37)54-45(57)36-23-35-31(41(48(36,2)47(54)59)33-14-8-26-6-4-5-7-30(26)42(33)55)15-16-32-40(35)46(58)53(44(32)56)29-12-10-28(11-13-29)52-18-20-60-21-19-52/h4-15,17,22,24,32,35-36,40-41,55H,16,18-21,23H2,1-3H3. The second-order valence-corrected chi connectivity index (χ2v) is 18.7. The number of phenols is 1. The van der Waals surface area contributed by atoms with Crippen molar-refractivity contribution in [3.8, 4) is 16.3 Å². The molecule has 61 heavy (non-hydrogen) atoms. The summed E-state index contributed by atoms with van der Waals surface area (Å²) in [5.41, 5.74) is 3.11. The highest BCUT2D eigenvalue weighted by Crippen LogP contribution is 2.65. The molecule has 6 unspecified atom stereocenters. The number of rotatable bonds is 5. The largest absolute Gasteiger partial charge is 0.507 e. The summed E-state index contributed by atoms with van der Waals surface area (Å²) in [6, 6.07) is 26.4. The first-order chi connectivity index (χ1) is 29.4. The highest BCUT2D eigenvalue weighted by Gasteiger charge is 2.68. The summed E-state index contributed by atoms with van der Waals surface area (Å²) in [5.74, 6) is -4.53. The minimum atomic E-state index is -1.35. The fourth-order valence-corrected chi connectivity index (χ4v) is 12.5. The SMILES string of the molecule is Cc1c(-c2cc(N3C(=O)C4CC5C(=CCC6C(=O)N(c7ccc(N8CCOCC8)cc7)C(=O)C65)C(c5ccc6ccccc6c5O)C4(C)C3=O)n(C)n2)sc2ccc(Cl)cc12. The zero-order chi connectivity index (χ0) is 42.1. The van der Waals surface area contributed by atoms with E-state index in [1.165, 1.54) is 9.80 Å². The van der Waals surface area contributed by atoms with E-state index in [9.17, 15) is 14.7 Å². The first-order valence-electron chi connectivity index (χ1n) is 20.8. The zero-order valence-corrected chi connectivity index (χ0v) is 35.4. The Morgan fingerprint density at radius 2 is 1.61 bits per heavy atom. The topological polar surface area (TPSA) is 125 Å². The third-order valence-electron chi connectivity index (χ3n) is 14.2. The number of halogens is 1. The molecule has 308 valence electrons. The van der Waals surface area contributed by atoms with Crippen LogP contribution < -0.4 is 14.7 Å².